The van der Waals surface area contributed by atoms with E-state index in [1.54, 1.807) is 0 Å². The second-order valence-corrected chi connectivity index (χ2v) is 14.9. The van der Waals surface area contributed by atoms with E-state index in [-0.39, 0.29) is 0 Å². The molecule has 0 aliphatic heterocycles. The van der Waals surface area contributed by atoms with Gasteiger partial charge in [-0.3, -0.25) is 4.57 Å². The number of para-hydroxylation sites is 3. The van der Waals surface area contributed by atoms with Crippen molar-refractivity contribution in [3.63, 3.8) is 0 Å². The Morgan fingerprint density at radius 1 is 0.339 bits per heavy atom. The summed E-state index contributed by atoms with van der Waals surface area (Å²) in [6.07, 6.45) is 2.02. The third kappa shape index (κ3) is 5.31. The van der Waals surface area contributed by atoms with Crippen LogP contribution in [-0.2, 0) is 0 Å². The molecule has 0 saturated heterocycles. The SMILES string of the molecule is c1ccc(-c2ccc(-c3cc(-n4c5ccccc5c5ccc(-n6ncc7c6ccc6c8ccccc8n(-c8ccccc8)c67)cc54)nc(-c4ccccc4)n3)cc2)cc1. The van der Waals surface area contributed by atoms with Gasteiger partial charge >= 0.3 is 0 Å². The quantitative estimate of drug-likeness (QED) is 0.170. The lowest BCUT2D eigenvalue weighted by Gasteiger charge is -2.13. The van der Waals surface area contributed by atoms with Gasteiger partial charge < -0.3 is 4.57 Å². The van der Waals surface area contributed by atoms with E-state index in [4.69, 9.17) is 15.1 Å². The maximum Gasteiger partial charge on any atom is 0.162 e. The van der Waals surface area contributed by atoms with Crippen molar-refractivity contribution in [1.82, 2.24) is 28.9 Å². The molecule has 8 aromatic carbocycles. The number of aromatic nitrogens is 6. The molecular weight excluding hydrogens is 721 g/mol. The summed E-state index contributed by atoms with van der Waals surface area (Å²) in [7, 11) is 0. The smallest absolute Gasteiger partial charge is 0.162 e. The van der Waals surface area contributed by atoms with Crippen LogP contribution in [0.2, 0.25) is 0 Å². The minimum absolute atomic E-state index is 0.670. The van der Waals surface area contributed by atoms with Crippen LogP contribution in [0.15, 0.2) is 206 Å². The molecule has 59 heavy (non-hydrogen) atoms. The van der Waals surface area contributed by atoms with Gasteiger partial charge in [-0.05, 0) is 59.7 Å². The van der Waals surface area contributed by atoms with Crippen molar-refractivity contribution < 1.29 is 0 Å². The number of rotatable bonds is 6. The van der Waals surface area contributed by atoms with E-state index >= 15 is 0 Å². The first-order valence-corrected chi connectivity index (χ1v) is 19.9. The third-order valence-corrected chi connectivity index (χ3v) is 11.6. The van der Waals surface area contributed by atoms with Gasteiger partial charge in [0.25, 0.3) is 0 Å². The fourth-order valence-corrected chi connectivity index (χ4v) is 8.83. The highest BCUT2D eigenvalue weighted by Crippen LogP contribution is 2.39. The zero-order chi connectivity index (χ0) is 38.9. The zero-order valence-corrected chi connectivity index (χ0v) is 31.8. The molecule has 0 aliphatic rings. The van der Waals surface area contributed by atoms with Gasteiger partial charge in [-0.25, -0.2) is 14.6 Å². The Balaban J connectivity index is 1.06. The molecule has 0 saturated carbocycles. The molecule has 0 bridgehead atoms. The summed E-state index contributed by atoms with van der Waals surface area (Å²) < 4.78 is 6.71. The minimum atomic E-state index is 0.670. The predicted molar refractivity (Wildman–Crippen MR) is 242 cm³/mol. The molecule has 0 atom stereocenters. The number of hydrogen-bond donors (Lipinski definition) is 0. The van der Waals surface area contributed by atoms with Crippen molar-refractivity contribution >= 4 is 54.5 Å². The van der Waals surface area contributed by atoms with E-state index in [1.807, 2.05) is 30.5 Å². The van der Waals surface area contributed by atoms with E-state index in [1.165, 1.54) is 21.9 Å². The van der Waals surface area contributed by atoms with Crippen molar-refractivity contribution in [2.24, 2.45) is 0 Å². The molecule has 0 amide bonds. The van der Waals surface area contributed by atoms with Crippen molar-refractivity contribution in [3.05, 3.63) is 206 Å². The number of fused-ring (bicyclic) bond motifs is 8. The molecule has 0 spiro atoms. The molecule has 0 N–H and O–H groups in total. The van der Waals surface area contributed by atoms with Crippen molar-refractivity contribution in [2.75, 3.05) is 0 Å². The van der Waals surface area contributed by atoms with Crippen LogP contribution in [0.25, 0.3) is 105 Å². The van der Waals surface area contributed by atoms with Gasteiger partial charge in [0.1, 0.15) is 5.82 Å². The van der Waals surface area contributed by atoms with E-state index in [0.29, 0.717) is 5.82 Å². The predicted octanol–water partition coefficient (Wildman–Crippen LogP) is 13.0. The van der Waals surface area contributed by atoms with E-state index in [0.717, 1.165) is 77.8 Å². The Morgan fingerprint density at radius 3 is 1.66 bits per heavy atom. The van der Waals surface area contributed by atoms with Crippen molar-refractivity contribution in [1.29, 1.82) is 0 Å². The van der Waals surface area contributed by atoms with Crippen LogP contribution < -0.4 is 0 Å². The van der Waals surface area contributed by atoms with Gasteiger partial charge in [0.2, 0.25) is 0 Å². The summed E-state index contributed by atoms with van der Waals surface area (Å²) in [6, 6.07) is 70.4. The first-order chi connectivity index (χ1) is 29.3. The Bertz CT molecular complexity index is 3530. The largest absolute Gasteiger partial charge is 0.309 e. The van der Waals surface area contributed by atoms with Crippen molar-refractivity contribution in [3.8, 4) is 51.0 Å². The molecule has 0 fully saturated rings. The van der Waals surface area contributed by atoms with E-state index < -0.39 is 0 Å². The first-order valence-electron chi connectivity index (χ1n) is 19.9. The number of benzene rings is 8. The molecule has 0 radical (unpaired) electrons. The van der Waals surface area contributed by atoms with Crippen LogP contribution in [0.5, 0.6) is 0 Å². The maximum absolute atomic E-state index is 5.30. The summed E-state index contributed by atoms with van der Waals surface area (Å²) in [6.45, 7) is 0. The Labute approximate surface area is 339 Å². The Kier molecular flexibility index (Phi) is 7.43. The standard InChI is InChI=1S/C53H34N6/c1-4-14-35(15-5-1)36-24-26-37(27-25-36)46-33-51(56-53(55-46)38-16-6-2-7-17-38)58-48-23-13-10-20-41(48)43-29-28-40(32-50(43)58)59-49-31-30-44-42-21-11-12-22-47(42)57(39-18-8-3-9-19-39)52(44)45(49)34-54-59/h1-34H. The molecule has 0 unspecified atom stereocenters. The van der Waals surface area contributed by atoms with Crippen LogP contribution >= 0.6 is 0 Å². The first kappa shape index (κ1) is 33.1. The maximum atomic E-state index is 5.30. The Morgan fingerprint density at radius 2 is 0.915 bits per heavy atom. The van der Waals surface area contributed by atoms with E-state index in [2.05, 4.69) is 190 Å². The fraction of sp³-hybridized carbons (Fsp3) is 0. The third-order valence-electron chi connectivity index (χ3n) is 11.6. The molecule has 6 nitrogen and oxygen atoms in total. The second-order valence-electron chi connectivity index (χ2n) is 14.9. The number of nitrogens with zero attached hydrogens (tertiary/aromatic N) is 6. The van der Waals surface area contributed by atoms with Crippen LogP contribution in [0.1, 0.15) is 0 Å². The molecule has 12 rings (SSSR count). The van der Waals surface area contributed by atoms with Crippen LogP contribution in [0.3, 0.4) is 0 Å². The lowest BCUT2D eigenvalue weighted by Crippen LogP contribution is -2.03. The summed E-state index contributed by atoms with van der Waals surface area (Å²) >= 11 is 0. The molecular formula is C53H34N6. The lowest BCUT2D eigenvalue weighted by atomic mass is 10.0. The summed E-state index contributed by atoms with van der Waals surface area (Å²) in [5.74, 6) is 1.46. The number of hydrogen-bond acceptors (Lipinski definition) is 3. The van der Waals surface area contributed by atoms with E-state index in [9.17, 15) is 0 Å². The van der Waals surface area contributed by atoms with Crippen LogP contribution in [0.4, 0.5) is 0 Å². The molecule has 276 valence electrons. The molecule has 4 heterocycles. The lowest BCUT2D eigenvalue weighted by molar-refractivity contribution is 0.911. The van der Waals surface area contributed by atoms with Crippen LogP contribution in [0, 0.1) is 0 Å². The van der Waals surface area contributed by atoms with Crippen LogP contribution in [-0.4, -0.2) is 28.9 Å². The zero-order valence-electron chi connectivity index (χ0n) is 31.8. The Hall–Kier alpha value is -8.09. The topological polar surface area (TPSA) is 53.5 Å². The van der Waals surface area contributed by atoms with Gasteiger partial charge in [0, 0.05) is 49.8 Å². The molecule has 0 aliphatic carbocycles. The summed E-state index contributed by atoms with van der Waals surface area (Å²) in [4.78, 5) is 10.5. The van der Waals surface area contributed by atoms with Gasteiger partial charge in [0.05, 0.1) is 45.2 Å². The molecule has 12 aromatic rings. The van der Waals surface area contributed by atoms with Gasteiger partial charge in [-0.15, -0.1) is 0 Å². The normalized spacial score (nSPS) is 11.7. The highest BCUT2D eigenvalue weighted by atomic mass is 15.3. The summed E-state index contributed by atoms with van der Waals surface area (Å²) in [5, 5.41) is 10.9. The average molecular weight is 755 g/mol. The second kappa shape index (κ2) is 13.3. The highest BCUT2D eigenvalue weighted by Gasteiger charge is 2.20. The van der Waals surface area contributed by atoms with Crippen molar-refractivity contribution in [2.45, 2.75) is 0 Å². The van der Waals surface area contributed by atoms with Gasteiger partial charge in [0.15, 0.2) is 5.82 Å². The minimum Gasteiger partial charge on any atom is -0.309 e. The average Bonchev–Trinajstić information content (AvgIpc) is 4.00. The monoisotopic (exact) mass is 754 g/mol. The van der Waals surface area contributed by atoms with Gasteiger partial charge in [-0.2, -0.15) is 5.10 Å². The highest BCUT2D eigenvalue weighted by molar-refractivity contribution is 6.18. The molecule has 4 aromatic heterocycles. The summed E-state index contributed by atoms with van der Waals surface area (Å²) in [5.41, 5.74) is 12.7. The molecule has 6 heteroatoms. The van der Waals surface area contributed by atoms with Gasteiger partial charge in [-0.1, -0.05) is 146 Å². The fourth-order valence-electron chi connectivity index (χ4n) is 8.83.